The lowest BCUT2D eigenvalue weighted by atomic mass is 9.88. The molecule has 2 aromatic carbocycles. The number of nitrogens with two attached hydrogens (primary N) is 1. The number of ketones is 1. The number of rotatable bonds is 2. The molecule has 3 N–H and O–H groups in total. The van der Waals surface area contributed by atoms with Gasteiger partial charge >= 0.3 is 6.18 Å². The normalized spacial score (nSPS) is 14.1. The molecule has 0 radical (unpaired) electrons. The fourth-order valence-electron chi connectivity index (χ4n) is 2.92. The summed E-state index contributed by atoms with van der Waals surface area (Å²) in [5.41, 5.74) is 5.39. The second-order valence-electron chi connectivity index (χ2n) is 6.02. The first-order chi connectivity index (χ1) is 12.2. The van der Waals surface area contributed by atoms with Crippen molar-refractivity contribution in [1.29, 1.82) is 0 Å². The summed E-state index contributed by atoms with van der Waals surface area (Å²) in [6.07, 6.45) is -3.20. The summed E-state index contributed by atoms with van der Waals surface area (Å²) in [6.45, 7) is 0. The van der Waals surface area contributed by atoms with Gasteiger partial charge in [0.2, 0.25) is 0 Å². The third-order valence-electron chi connectivity index (χ3n) is 4.20. The zero-order valence-electron chi connectivity index (χ0n) is 13.4. The molecule has 0 saturated carbocycles. The predicted octanol–water partition coefficient (Wildman–Crippen LogP) is 4.20. The Balaban J connectivity index is 1.91. The molecular formula is C18H14F4N2O2. The Labute approximate surface area is 146 Å². The van der Waals surface area contributed by atoms with Gasteiger partial charge in [-0.3, -0.25) is 9.59 Å². The molecule has 1 aliphatic carbocycles. The number of nitrogen functional groups attached to an aromatic ring is 1. The number of fused-ring (bicyclic) bond motifs is 1. The number of aryl methyl sites for hydroxylation is 1. The SMILES string of the molecule is Nc1cc2c(cc1C(=O)Nc1ccc(F)c(C(F)(F)F)c1)CCCC2=O. The van der Waals surface area contributed by atoms with E-state index in [0.29, 0.717) is 42.5 Å². The van der Waals surface area contributed by atoms with Gasteiger partial charge in [0.15, 0.2) is 5.78 Å². The van der Waals surface area contributed by atoms with Gasteiger partial charge in [-0.05, 0) is 48.7 Å². The molecule has 0 saturated heterocycles. The number of benzene rings is 2. The molecule has 0 unspecified atom stereocenters. The first-order valence-corrected chi connectivity index (χ1v) is 7.80. The van der Waals surface area contributed by atoms with E-state index in [1.165, 1.54) is 12.1 Å². The highest BCUT2D eigenvalue weighted by Crippen LogP contribution is 2.33. The first kappa shape index (κ1) is 17.9. The van der Waals surface area contributed by atoms with E-state index in [1.807, 2.05) is 0 Å². The van der Waals surface area contributed by atoms with Crippen molar-refractivity contribution < 1.29 is 27.2 Å². The summed E-state index contributed by atoms with van der Waals surface area (Å²) in [5.74, 6) is -2.22. The number of hydrogen-bond acceptors (Lipinski definition) is 3. The second kappa shape index (κ2) is 6.44. The highest BCUT2D eigenvalue weighted by atomic mass is 19.4. The van der Waals surface area contributed by atoms with Gasteiger partial charge in [-0.2, -0.15) is 13.2 Å². The molecule has 0 bridgehead atoms. The van der Waals surface area contributed by atoms with Crippen LogP contribution in [0.1, 0.15) is 44.7 Å². The molecule has 1 amide bonds. The topological polar surface area (TPSA) is 72.2 Å². The van der Waals surface area contributed by atoms with E-state index in [2.05, 4.69) is 5.32 Å². The average Bonchev–Trinajstić information content (AvgIpc) is 2.56. The maximum Gasteiger partial charge on any atom is 0.419 e. The Hall–Kier alpha value is -2.90. The standard InChI is InChI=1S/C18H14F4N2O2/c19-14-5-4-10(7-13(14)18(20,21)22)24-17(26)12-6-9-2-1-3-16(25)11(9)8-15(12)23/h4-8H,1-3,23H2,(H,24,26). The molecule has 1 aliphatic rings. The van der Waals surface area contributed by atoms with Crippen molar-refractivity contribution in [1.82, 2.24) is 0 Å². The van der Waals surface area contributed by atoms with E-state index in [4.69, 9.17) is 5.73 Å². The van der Waals surface area contributed by atoms with Crippen LogP contribution in [-0.2, 0) is 12.6 Å². The third-order valence-corrected chi connectivity index (χ3v) is 4.20. The minimum absolute atomic E-state index is 0.0506. The van der Waals surface area contributed by atoms with Gasteiger partial charge < -0.3 is 11.1 Å². The van der Waals surface area contributed by atoms with Gasteiger partial charge in [0.1, 0.15) is 5.82 Å². The van der Waals surface area contributed by atoms with Crippen molar-refractivity contribution in [2.24, 2.45) is 0 Å². The maximum absolute atomic E-state index is 13.3. The van der Waals surface area contributed by atoms with Crippen LogP contribution >= 0.6 is 0 Å². The van der Waals surface area contributed by atoms with E-state index < -0.39 is 23.5 Å². The van der Waals surface area contributed by atoms with Gasteiger partial charge in [-0.1, -0.05) is 0 Å². The Morgan fingerprint density at radius 2 is 1.85 bits per heavy atom. The van der Waals surface area contributed by atoms with Crippen molar-refractivity contribution >= 4 is 23.1 Å². The maximum atomic E-state index is 13.3. The minimum Gasteiger partial charge on any atom is -0.398 e. The van der Waals surface area contributed by atoms with E-state index in [0.717, 1.165) is 6.07 Å². The third kappa shape index (κ3) is 3.40. The molecule has 0 atom stereocenters. The molecule has 0 spiro atoms. The number of amides is 1. The molecular weight excluding hydrogens is 352 g/mol. The molecule has 136 valence electrons. The first-order valence-electron chi connectivity index (χ1n) is 7.80. The molecule has 0 aromatic heterocycles. The van der Waals surface area contributed by atoms with E-state index in [-0.39, 0.29) is 22.7 Å². The van der Waals surface area contributed by atoms with Crippen molar-refractivity contribution in [3.63, 3.8) is 0 Å². The fraction of sp³-hybridized carbons (Fsp3) is 0.222. The molecule has 3 rings (SSSR count). The highest BCUT2D eigenvalue weighted by Gasteiger charge is 2.34. The van der Waals surface area contributed by atoms with Crippen molar-refractivity contribution in [2.75, 3.05) is 11.1 Å². The number of alkyl halides is 3. The van der Waals surface area contributed by atoms with Crippen LogP contribution in [0.2, 0.25) is 0 Å². The van der Waals surface area contributed by atoms with Crippen LogP contribution < -0.4 is 11.1 Å². The molecule has 4 nitrogen and oxygen atoms in total. The van der Waals surface area contributed by atoms with Gasteiger partial charge in [-0.25, -0.2) is 4.39 Å². The van der Waals surface area contributed by atoms with Crippen molar-refractivity contribution in [3.8, 4) is 0 Å². The van der Waals surface area contributed by atoms with Gasteiger partial charge in [0.25, 0.3) is 5.91 Å². The van der Waals surface area contributed by atoms with Crippen LogP contribution in [0.3, 0.4) is 0 Å². The van der Waals surface area contributed by atoms with Gasteiger partial charge in [0, 0.05) is 23.4 Å². The van der Waals surface area contributed by atoms with Crippen LogP contribution in [0.25, 0.3) is 0 Å². The van der Waals surface area contributed by atoms with E-state index in [1.54, 1.807) is 0 Å². The monoisotopic (exact) mass is 366 g/mol. The lowest BCUT2D eigenvalue weighted by Gasteiger charge is -2.17. The molecule has 26 heavy (non-hydrogen) atoms. The molecule has 0 heterocycles. The highest BCUT2D eigenvalue weighted by molar-refractivity contribution is 6.09. The zero-order valence-corrected chi connectivity index (χ0v) is 13.4. The Kier molecular flexibility index (Phi) is 4.43. The summed E-state index contributed by atoms with van der Waals surface area (Å²) in [5, 5.41) is 2.29. The quantitative estimate of drug-likeness (QED) is 0.618. The largest absolute Gasteiger partial charge is 0.419 e. The van der Waals surface area contributed by atoms with Crippen LogP contribution in [0, 0.1) is 5.82 Å². The second-order valence-corrected chi connectivity index (χ2v) is 6.02. The Bertz CT molecular complexity index is 907. The molecule has 0 aliphatic heterocycles. The van der Waals surface area contributed by atoms with Crippen LogP contribution in [-0.4, -0.2) is 11.7 Å². The number of Topliss-reactive ketones (excluding diaryl/α,β-unsaturated/α-hetero) is 1. The van der Waals surface area contributed by atoms with Crippen LogP contribution in [0.5, 0.6) is 0 Å². The van der Waals surface area contributed by atoms with Gasteiger partial charge in [-0.15, -0.1) is 0 Å². The lowest BCUT2D eigenvalue weighted by Crippen LogP contribution is -2.18. The number of anilines is 2. The number of nitrogens with one attached hydrogen (secondary N) is 1. The summed E-state index contributed by atoms with van der Waals surface area (Å²) in [7, 11) is 0. The average molecular weight is 366 g/mol. The molecule has 2 aromatic rings. The molecule has 0 fully saturated rings. The van der Waals surface area contributed by atoms with Crippen molar-refractivity contribution in [2.45, 2.75) is 25.4 Å². The number of carbonyl (C=O) groups excluding carboxylic acids is 2. The summed E-state index contributed by atoms with van der Waals surface area (Å²) < 4.78 is 51.7. The number of hydrogen-bond donors (Lipinski definition) is 2. The van der Waals surface area contributed by atoms with Crippen molar-refractivity contribution in [3.05, 3.63) is 58.4 Å². The summed E-state index contributed by atoms with van der Waals surface area (Å²) in [6, 6.07) is 5.07. The Morgan fingerprint density at radius 3 is 2.54 bits per heavy atom. The molecule has 8 heteroatoms. The summed E-state index contributed by atoms with van der Waals surface area (Å²) in [4.78, 5) is 24.3. The fourth-order valence-corrected chi connectivity index (χ4v) is 2.92. The van der Waals surface area contributed by atoms with E-state index >= 15 is 0 Å². The van der Waals surface area contributed by atoms with E-state index in [9.17, 15) is 27.2 Å². The smallest absolute Gasteiger partial charge is 0.398 e. The van der Waals surface area contributed by atoms with Crippen LogP contribution in [0.4, 0.5) is 28.9 Å². The number of carbonyl (C=O) groups is 2. The minimum atomic E-state index is -4.88. The zero-order chi connectivity index (χ0) is 19.1. The predicted molar refractivity (Wildman–Crippen MR) is 87.5 cm³/mol. The number of halogens is 4. The lowest BCUT2D eigenvalue weighted by molar-refractivity contribution is -0.139. The van der Waals surface area contributed by atoms with Crippen LogP contribution in [0.15, 0.2) is 30.3 Å². The van der Waals surface area contributed by atoms with Gasteiger partial charge in [0.05, 0.1) is 11.1 Å². The summed E-state index contributed by atoms with van der Waals surface area (Å²) >= 11 is 0. The Morgan fingerprint density at radius 1 is 1.12 bits per heavy atom.